The second kappa shape index (κ2) is 7.77. The molecule has 0 aliphatic carbocycles. The molecule has 0 radical (unpaired) electrons. The summed E-state index contributed by atoms with van der Waals surface area (Å²) in [5.41, 5.74) is 1.47. The van der Waals surface area contributed by atoms with E-state index >= 15 is 0 Å². The number of aryl methyl sites for hydroxylation is 1. The molecule has 0 fully saturated rings. The molecule has 1 heterocycles. The van der Waals surface area contributed by atoms with E-state index in [-0.39, 0.29) is 10.9 Å². The molecule has 1 aromatic heterocycles. The lowest BCUT2D eigenvalue weighted by atomic mass is 10.1. The minimum Gasteiger partial charge on any atom is -0.465 e. The van der Waals surface area contributed by atoms with Crippen molar-refractivity contribution in [2.75, 3.05) is 7.11 Å². The second-order valence-corrected chi connectivity index (χ2v) is 6.89. The highest BCUT2D eigenvalue weighted by molar-refractivity contribution is 7.80. The number of thiocarbonyl (C=S) groups is 1. The quantitative estimate of drug-likeness (QED) is 0.528. The molecule has 0 spiro atoms. The normalized spacial score (nSPS) is 11.4. The molecule has 3 rings (SSSR count). The number of carbonyl (C=O) groups excluding carboxylic acids is 2. The molecule has 0 aliphatic rings. The predicted molar refractivity (Wildman–Crippen MR) is 104 cm³/mol. The van der Waals surface area contributed by atoms with Crippen LogP contribution in [0.1, 0.15) is 20.7 Å². The van der Waals surface area contributed by atoms with Crippen LogP contribution in [-0.2, 0) is 11.8 Å². The third-order valence-corrected chi connectivity index (χ3v) is 5.05. The molecule has 2 aromatic carbocycles. The molecule has 0 unspecified atom stereocenters. The summed E-state index contributed by atoms with van der Waals surface area (Å²) >= 11 is 6.40. The number of ether oxygens (including phenoxy) is 1. The maximum Gasteiger partial charge on any atom is 0.337 e. The van der Waals surface area contributed by atoms with Crippen LogP contribution in [0.3, 0.4) is 0 Å². The standard InChI is InChI=1S/C18H14FN3O3S2/c1-22-13-8-7-12(19)9-14(13)27-18(22)21-17(26)20-15(23)10-3-5-11(6-4-10)16(24)25-2/h3-9H,1-2H3,(H,20,23,26). The van der Waals surface area contributed by atoms with E-state index in [0.29, 0.717) is 15.9 Å². The zero-order valence-electron chi connectivity index (χ0n) is 14.4. The highest BCUT2D eigenvalue weighted by Gasteiger charge is 2.11. The number of esters is 1. The molecule has 0 bridgehead atoms. The number of nitrogens with zero attached hydrogens (tertiary/aromatic N) is 2. The Kier molecular flexibility index (Phi) is 5.43. The highest BCUT2D eigenvalue weighted by Crippen LogP contribution is 2.17. The van der Waals surface area contributed by atoms with Crippen molar-refractivity contribution in [1.82, 2.24) is 9.88 Å². The van der Waals surface area contributed by atoms with Crippen LogP contribution >= 0.6 is 23.6 Å². The number of aromatic nitrogens is 1. The number of fused-ring (bicyclic) bond motifs is 1. The summed E-state index contributed by atoms with van der Waals surface area (Å²) in [6, 6.07) is 10.4. The number of methoxy groups -OCH3 is 1. The number of thiazole rings is 1. The second-order valence-electron chi connectivity index (χ2n) is 5.50. The SMILES string of the molecule is COC(=O)c1ccc(C(=O)NC(=S)N=c2sc3cc(F)ccc3n2C)cc1. The number of rotatable bonds is 2. The van der Waals surface area contributed by atoms with Crippen molar-refractivity contribution in [1.29, 1.82) is 0 Å². The molecular formula is C18H14FN3O3S2. The Morgan fingerprint density at radius 2 is 1.85 bits per heavy atom. The fourth-order valence-corrected chi connectivity index (χ4v) is 3.66. The fraction of sp³-hybridized carbons (Fsp3) is 0.111. The molecule has 138 valence electrons. The lowest BCUT2D eigenvalue weighted by molar-refractivity contribution is 0.0600. The minimum atomic E-state index is -0.485. The Balaban J connectivity index is 1.79. The van der Waals surface area contributed by atoms with Crippen LogP contribution < -0.4 is 10.1 Å². The fourth-order valence-electron chi connectivity index (χ4n) is 2.37. The van der Waals surface area contributed by atoms with Gasteiger partial charge >= 0.3 is 5.97 Å². The van der Waals surface area contributed by atoms with Crippen LogP contribution in [0.2, 0.25) is 0 Å². The van der Waals surface area contributed by atoms with E-state index in [4.69, 9.17) is 12.2 Å². The lowest BCUT2D eigenvalue weighted by Gasteiger charge is -2.04. The molecule has 0 aliphatic heterocycles. The first-order valence-corrected chi connectivity index (χ1v) is 8.95. The topological polar surface area (TPSA) is 72.7 Å². The minimum absolute atomic E-state index is 0.0142. The van der Waals surface area contributed by atoms with Gasteiger partial charge in [0.05, 0.1) is 22.9 Å². The zero-order chi connectivity index (χ0) is 19.6. The van der Waals surface area contributed by atoms with E-state index in [1.54, 1.807) is 17.7 Å². The number of amides is 1. The summed E-state index contributed by atoms with van der Waals surface area (Å²) in [4.78, 5) is 28.5. The van der Waals surface area contributed by atoms with Crippen molar-refractivity contribution in [3.05, 3.63) is 64.2 Å². The average Bonchev–Trinajstić information content (AvgIpc) is 2.95. The van der Waals surface area contributed by atoms with Gasteiger partial charge in [0.1, 0.15) is 5.82 Å². The first-order valence-electron chi connectivity index (χ1n) is 7.72. The van der Waals surface area contributed by atoms with Gasteiger partial charge < -0.3 is 9.30 Å². The van der Waals surface area contributed by atoms with Crippen molar-refractivity contribution < 1.29 is 18.7 Å². The summed E-state index contributed by atoms with van der Waals surface area (Å²) in [6.45, 7) is 0. The third kappa shape index (κ3) is 4.09. The zero-order valence-corrected chi connectivity index (χ0v) is 16.0. The highest BCUT2D eigenvalue weighted by atomic mass is 32.1. The molecule has 1 N–H and O–H groups in total. The largest absolute Gasteiger partial charge is 0.465 e. The van der Waals surface area contributed by atoms with E-state index < -0.39 is 11.9 Å². The van der Waals surface area contributed by atoms with Gasteiger partial charge in [-0.2, -0.15) is 4.99 Å². The van der Waals surface area contributed by atoms with Crippen molar-refractivity contribution >= 4 is 50.8 Å². The van der Waals surface area contributed by atoms with Crippen molar-refractivity contribution in [3.63, 3.8) is 0 Å². The van der Waals surface area contributed by atoms with Crippen molar-refractivity contribution in [2.24, 2.45) is 12.0 Å². The van der Waals surface area contributed by atoms with E-state index in [0.717, 1.165) is 10.2 Å². The Hall–Kier alpha value is -2.91. The molecular weight excluding hydrogens is 389 g/mol. The summed E-state index contributed by atoms with van der Waals surface area (Å²) in [7, 11) is 3.07. The van der Waals surface area contributed by atoms with Crippen LogP contribution in [0.4, 0.5) is 4.39 Å². The molecule has 27 heavy (non-hydrogen) atoms. The summed E-state index contributed by atoms with van der Waals surface area (Å²) in [6.07, 6.45) is 0. The molecule has 9 heteroatoms. The van der Waals surface area contributed by atoms with Gasteiger partial charge in [0.25, 0.3) is 5.91 Å². The Morgan fingerprint density at radius 1 is 1.19 bits per heavy atom. The molecule has 6 nitrogen and oxygen atoms in total. The maximum atomic E-state index is 13.4. The van der Waals surface area contributed by atoms with Gasteiger partial charge in [0.15, 0.2) is 4.80 Å². The number of nitrogens with one attached hydrogen (secondary N) is 1. The Labute approximate surface area is 162 Å². The number of halogens is 1. The number of carbonyl (C=O) groups is 2. The molecule has 0 saturated heterocycles. The third-order valence-electron chi connectivity index (χ3n) is 3.76. The van der Waals surface area contributed by atoms with Gasteiger partial charge in [-0.1, -0.05) is 11.3 Å². The molecule has 0 atom stereocenters. The summed E-state index contributed by atoms with van der Waals surface area (Å²) < 4.78 is 20.5. The smallest absolute Gasteiger partial charge is 0.337 e. The number of hydrogen-bond donors (Lipinski definition) is 1. The van der Waals surface area contributed by atoms with Crippen molar-refractivity contribution in [2.45, 2.75) is 0 Å². The van der Waals surface area contributed by atoms with Gasteiger partial charge in [-0.25, -0.2) is 9.18 Å². The van der Waals surface area contributed by atoms with Gasteiger partial charge in [-0.3, -0.25) is 10.1 Å². The van der Waals surface area contributed by atoms with Crippen LogP contribution in [-0.4, -0.2) is 28.7 Å². The monoisotopic (exact) mass is 403 g/mol. The summed E-state index contributed by atoms with van der Waals surface area (Å²) in [5.74, 6) is -1.27. The van der Waals surface area contributed by atoms with Crippen LogP contribution in [0.25, 0.3) is 10.2 Å². The molecule has 3 aromatic rings. The Bertz CT molecular complexity index is 1120. The van der Waals surface area contributed by atoms with Crippen LogP contribution in [0.5, 0.6) is 0 Å². The first-order chi connectivity index (χ1) is 12.9. The van der Waals surface area contributed by atoms with E-state index in [9.17, 15) is 14.0 Å². The van der Waals surface area contributed by atoms with Gasteiger partial charge in [-0.05, 0) is 54.7 Å². The van der Waals surface area contributed by atoms with E-state index in [1.165, 1.54) is 54.8 Å². The number of hydrogen-bond acceptors (Lipinski definition) is 5. The van der Waals surface area contributed by atoms with Gasteiger partial charge in [-0.15, -0.1) is 0 Å². The number of benzene rings is 2. The first kappa shape index (κ1) is 18.9. The lowest BCUT2D eigenvalue weighted by Crippen LogP contribution is -2.29. The van der Waals surface area contributed by atoms with E-state index in [1.807, 2.05) is 0 Å². The Morgan fingerprint density at radius 3 is 2.52 bits per heavy atom. The van der Waals surface area contributed by atoms with Gasteiger partial charge in [0.2, 0.25) is 5.11 Å². The molecule has 1 amide bonds. The van der Waals surface area contributed by atoms with Crippen LogP contribution in [0, 0.1) is 5.82 Å². The molecule has 0 saturated carbocycles. The predicted octanol–water partition coefficient (Wildman–Crippen LogP) is 2.78. The summed E-state index contributed by atoms with van der Waals surface area (Å²) in [5, 5.41) is 2.51. The van der Waals surface area contributed by atoms with Crippen molar-refractivity contribution in [3.8, 4) is 0 Å². The maximum absolute atomic E-state index is 13.4. The van der Waals surface area contributed by atoms with Gasteiger partial charge in [0, 0.05) is 12.6 Å². The average molecular weight is 403 g/mol. The van der Waals surface area contributed by atoms with Crippen LogP contribution in [0.15, 0.2) is 47.5 Å². The van der Waals surface area contributed by atoms with E-state index in [2.05, 4.69) is 15.0 Å².